The smallest absolute Gasteiger partial charge is 0.162 e. The van der Waals surface area contributed by atoms with Gasteiger partial charge < -0.3 is 14.8 Å². The summed E-state index contributed by atoms with van der Waals surface area (Å²) >= 11 is 0. The zero-order valence-corrected chi connectivity index (χ0v) is 16.1. The van der Waals surface area contributed by atoms with Crippen molar-refractivity contribution >= 4 is 16.7 Å². The molecule has 0 amide bonds. The first-order valence-electron chi connectivity index (χ1n) is 9.45. The van der Waals surface area contributed by atoms with Crippen LogP contribution < -0.4 is 14.8 Å². The Balaban J connectivity index is 1.87. The number of aryl methyl sites for hydroxylation is 1. The summed E-state index contributed by atoms with van der Waals surface area (Å²) in [5.41, 5.74) is 3.07. The third-order valence-electron chi connectivity index (χ3n) is 5.21. The van der Waals surface area contributed by atoms with E-state index in [4.69, 9.17) is 19.4 Å². The van der Waals surface area contributed by atoms with Crippen molar-refractivity contribution in [2.24, 2.45) is 0 Å². The van der Waals surface area contributed by atoms with E-state index >= 15 is 0 Å². The molecule has 4 rings (SSSR count). The van der Waals surface area contributed by atoms with Crippen LogP contribution in [-0.4, -0.2) is 30.2 Å². The lowest BCUT2D eigenvalue weighted by Gasteiger charge is -2.17. The Labute approximate surface area is 159 Å². The Morgan fingerprint density at radius 1 is 0.926 bits per heavy atom. The molecule has 1 aliphatic rings. The number of hydrogen-bond donors (Lipinski definition) is 1. The molecule has 1 N–H and O–H groups in total. The van der Waals surface area contributed by atoms with Crippen LogP contribution in [0.4, 0.5) is 5.82 Å². The van der Waals surface area contributed by atoms with Gasteiger partial charge in [-0.3, -0.25) is 0 Å². The number of nitrogens with one attached hydrogen (secondary N) is 1. The number of hydrogen-bond acceptors (Lipinski definition) is 5. The van der Waals surface area contributed by atoms with Gasteiger partial charge in [0.1, 0.15) is 5.82 Å². The van der Waals surface area contributed by atoms with Crippen LogP contribution in [0.3, 0.4) is 0 Å². The van der Waals surface area contributed by atoms with Crippen molar-refractivity contribution in [1.82, 2.24) is 9.97 Å². The monoisotopic (exact) mass is 363 g/mol. The molecule has 0 bridgehead atoms. The molecule has 27 heavy (non-hydrogen) atoms. The van der Waals surface area contributed by atoms with Gasteiger partial charge in [0.15, 0.2) is 17.3 Å². The quantitative estimate of drug-likeness (QED) is 0.693. The second kappa shape index (κ2) is 7.43. The minimum absolute atomic E-state index is 0.460. The van der Waals surface area contributed by atoms with Crippen molar-refractivity contribution in [2.45, 2.75) is 38.6 Å². The summed E-state index contributed by atoms with van der Waals surface area (Å²) in [7, 11) is 3.29. The molecule has 1 aliphatic carbocycles. The molecule has 2 aromatic carbocycles. The second-order valence-electron chi connectivity index (χ2n) is 7.11. The highest BCUT2D eigenvalue weighted by Gasteiger charge is 2.19. The van der Waals surface area contributed by atoms with Crippen LogP contribution in [0.1, 0.15) is 31.2 Å². The minimum Gasteiger partial charge on any atom is -0.493 e. The van der Waals surface area contributed by atoms with E-state index in [9.17, 15) is 0 Å². The number of methoxy groups -OCH3 is 2. The largest absolute Gasteiger partial charge is 0.493 e. The fourth-order valence-electron chi connectivity index (χ4n) is 3.66. The summed E-state index contributed by atoms with van der Waals surface area (Å²) in [5, 5.41) is 4.60. The van der Waals surface area contributed by atoms with Crippen LogP contribution in [0.2, 0.25) is 0 Å². The van der Waals surface area contributed by atoms with Gasteiger partial charge in [0.25, 0.3) is 0 Å². The van der Waals surface area contributed by atoms with E-state index < -0.39 is 0 Å². The molecule has 5 nitrogen and oxygen atoms in total. The molecular weight excluding hydrogens is 338 g/mol. The van der Waals surface area contributed by atoms with Gasteiger partial charge in [-0.2, -0.15) is 0 Å². The van der Waals surface area contributed by atoms with Crippen LogP contribution in [0.25, 0.3) is 22.3 Å². The fraction of sp³-hybridized carbons (Fsp3) is 0.364. The zero-order chi connectivity index (χ0) is 18.8. The third-order valence-corrected chi connectivity index (χ3v) is 5.21. The molecule has 1 aromatic heterocycles. The molecule has 0 spiro atoms. The predicted molar refractivity (Wildman–Crippen MR) is 109 cm³/mol. The number of fused-ring (bicyclic) bond motifs is 1. The molecule has 1 fully saturated rings. The maximum atomic E-state index is 5.49. The van der Waals surface area contributed by atoms with E-state index in [1.54, 1.807) is 14.2 Å². The summed E-state index contributed by atoms with van der Waals surface area (Å²) in [5.74, 6) is 2.94. The molecule has 0 radical (unpaired) electrons. The van der Waals surface area contributed by atoms with Crippen LogP contribution in [-0.2, 0) is 0 Å². The van der Waals surface area contributed by atoms with E-state index in [0.717, 1.165) is 28.1 Å². The average molecular weight is 363 g/mol. The molecule has 5 heteroatoms. The lowest BCUT2D eigenvalue weighted by Crippen LogP contribution is -2.16. The van der Waals surface area contributed by atoms with E-state index in [0.29, 0.717) is 17.5 Å². The van der Waals surface area contributed by atoms with Gasteiger partial charge in [-0.05, 0) is 25.8 Å². The van der Waals surface area contributed by atoms with Crippen molar-refractivity contribution in [2.75, 3.05) is 19.5 Å². The summed E-state index contributed by atoms with van der Waals surface area (Å²) in [6, 6.07) is 12.6. The van der Waals surface area contributed by atoms with Gasteiger partial charge in [0.05, 0.1) is 19.7 Å². The molecule has 0 aliphatic heterocycles. The second-order valence-corrected chi connectivity index (χ2v) is 7.11. The number of nitrogens with zero attached hydrogens (tertiary/aromatic N) is 2. The number of ether oxygens (including phenoxy) is 2. The summed E-state index contributed by atoms with van der Waals surface area (Å²) < 4.78 is 11.0. The Hall–Kier alpha value is -2.82. The maximum absolute atomic E-state index is 5.49. The van der Waals surface area contributed by atoms with Crippen LogP contribution in [0.15, 0.2) is 36.4 Å². The molecule has 3 aromatic rings. The fourth-order valence-corrected chi connectivity index (χ4v) is 3.66. The maximum Gasteiger partial charge on any atom is 0.162 e. The summed E-state index contributed by atoms with van der Waals surface area (Å²) in [6.45, 7) is 2.08. The van der Waals surface area contributed by atoms with Crippen molar-refractivity contribution in [1.29, 1.82) is 0 Å². The zero-order valence-electron chi connectivity index (χ0n) is 16.1. The Bertz CT molecular complexity index is 948. The SMILES string of the molecule is COc1cc2nc(-c3ccc(C)cc3)nc(NC3CCCC3)c2cc1OC. The number of benzene rings is 2. The van der Waals surface area contributed by atoms with Gasteiger partial charge in [-0.25, -0.2) is 9.97 Å². The first-order valence-corrected chi connectivity index (χ1v) is 9.45. The average Bonchev–Trinajstić information content (AvgIpc) is 3.20. The Morgan fingerprint density at radius 3 is 2.26 bits per heavy atom. The van der Waals surface area contributed by atoms with E-state index in [1.807, 2.05) is 12.1 Å². The third kappa shape index (κ3) is 3.54. The molecule has 1 saturated carbocycles. The molecule has 1 heterocycles. The Kier molecular flexibility index (Phi) is 4.84. The van der Waals surface area contributed by atoms with Gasteiger partial charge >= 0.3 is 0 Å². The van der Waals surface area contributed by atoms with Gasteiger partial charge in [-0.15, -0.1) is 0 Å². The highest BCUT2D eigenvalue weighted by Crippen LogP contribution is 2.36. The number of aromatic nitrogens is 2. The minimum atomic E-state index is 0.460. The number of anilines is 1. The topological polar surface area (TPSA) is 56.3 Å². The van der Waals surface area contributed by atoms with Crippen LogP contribution in [0.5, 0.6) is 11.5 Å². The molecule has 0 unspecified atom stereocenters. The van der Waals surface area contributed by atoms with Gasteiger partial charge in [0, 0.05) is 23.1 Å². The van der Waals surface area contributed by atoms with Crippen molar-refractivity contribution in [3.8, 4) is 22.9 Å². The van der Waals surface area contributed by atoms with Crippen molar-refractivity contribution < 1.29 is 9.47 Å². The first kappa shape index (κ1) is 17.6. The Morgan fingerprint density at radius 2 is 1.59 bits per heavy atom. The lowest BCUT2D eigenvalue weighted by molar-refractivity contribution is 0.356. The van der Waals surface area contributed by atoms with Crippen LogP contribution in [0, 0.1) is 6.92 Å². The summed E-state index contributed by atoms with van der Waals surface area (Å²) in [4.78, 5) is 9.68. The van der Waals surface area contributed by atoms with Gasteiger partial charge in [0.2, 0.25) is 0 Å². The van der Waals surface area contributed by atoms with Crippen molar-refractivity contribution in [3.05, 3.63) is 42.0 Å². The molecule has 140 valence electrons. The standard InChI is InChI=1S/C22H25N3O2/c1-14-8-10-15(11-9-14)21-24-18-13-20(27-3)19(26-2)12-17(18)22(25-21)23-16-6-4-5-7-16/h8-13,16H,4-7H2,1-3H3,(H,23,24,25). The predicted octanol–water partition coefficient (Wildman–Crippen LogP) is 4.98. The van der Waals surface area contributed by atoms with E-state index in [1.165, 1.54) is 31.2 Å². The summed E-state index contributed by atoms with van der Waals surface area (Å²) in [6.07, 6.45) is 4.89. The number of rotatable bonds is 5. The first-order chi connectivity index (χ1) is 13.2. The van der Waals surface area contributed by atoms with Crippen LogP contribution >= 0.6 is 0 Å². The van der Waals surface area contributed by atoms with Crippen molar-refractivity contribution in [3.63, 3.8) is 0 Å². The highest BCUT2D eigenvalue weighted by atomic mass is 16.5. The van der Waals surface area contributed by atoms with E-state index in [2.05, 4.69) is 36.5 Å². The molecule has 0 saturated heterocycles. The normalized spacial score (nSPS) is 14.5. The molecule has 0 atom stereocenters. The highest BCUT2D eigenvalue weighted by molar-refractivity contribution is 5.93. The van der Waals surface area contributed by atoms with E-state index in [-0.39, 0.29) is 0 Å². The lowest BCUT2D eigenvalue weighted by atomic mass is 10.1. The molecular formula is C22H25N3O2. The van der Waals surface area contributed by atoms with Gasteiger partial charge in [-0.1, -0.05) is 42.7 Å².